The second-order valence-electron chi connectivity index (χ2n) is 5.41. The first-order valence-corrected chi connectivity index (χ1v) is 8.69. The van der Waals surface area contributed by atoms with Gasteiger partial charge in [-0.15, -0.1) is 5.10 Å². The summed E-state index contributed by atoms with van der Waals surface area (Å²) in [5.41, 5.74) is 1.32. The fourth-order valence-corrected chi connectivity index (χ4v) is 2.76. The first-order chi connectivity index (χ1) is 13.0. The maximum absolute atomic E-state index is 13.2. The highest BCUT2D eigenvalue weighted by molar-refractivity contribution is 6.31. The number of halogens is 3. The van der Waals surface area contributed by atoms with Crippen LogP contribution in [-0.4, -0.2) is 28.0 Å². The van der Waals surface area contributed by atoms with Crippen LogP contribution < -0.4 is 4.74 Å². The average molecular weight is 410 g/mol. The van der Waals surface area contributed by atoms with E-state index in [0.717, 1.165) is 0 Å². The first-order valence-electron chi connectivity index (χ1n) is 7.94. The SMILES string of the molecule is CCOC(=O)c1n[nH]nc1-c1cc(Cl)ccc1OCc1ccc(F)cc1Cl. The molecule has 140 valence electrons. The lowest BCUT2D eigenvalue weighted by Crippen LogP contribution is -2.07. The van der Waals surface area contributed by atoms with Gasteiger partial charge in [-0.1, -0.05) is 29.3 Å². The van der Waals surface area contributed by atoms with E-state index in [4.69, 9.17) is 32.7 Å². The molecule has 3 aromatic rings. The molecule has 3 rings (SSSR count). The molecule has 0 atom stereocenters. The van der Waals surface area contributed by atoms with E-state index >= 15 is 0 Å². The molecule has 0 fully saturated rings. The molecule has 0 aliphatic carbocycles. The molecule has 0 aliphatic heterocycles. The van der Waals surface area contributed by atoms with Crippen LogP contribution in [0.4, 0.5) is 4.39 Å². The number of H-pyrrole nitrogens is 1. The lowest BCUT2D eigenvalue weighted by Gasteiger charge is -2.12. The molecule has 27 heavy (non-hydrogen) atoms. The van der Waals surface area contributed by atoms with Crippen LogP contribution in [0.3, 0.4) is 0 Å². The molecule has 0 saturated heterocycles. The van der Waals surface area contributed by atoms with Crippen LogP contribution in [-0.2, 0) is 11.3 Å². The van der Waals surface area contributed by atoms with Crippen molar-refractivity contribution in [3.8, 4) is 17.0 Å². The summed E-state index contributed by atoms with van der Waals surface area (Å²) in [5.74, 6) is -0.648. The number of rotatable bonds is 6. The highest BCUT2D eigenvalue weighted by atomic mass is 35.5. The number of aromatic amines is 1. The van der Waals surface area contributed by atoms with Crippen molar-refractivity contribution in [2.45, 2.75) is 13.5 Å². The third-order valence-electron chi connectivity index (χ3n) is 3.61. The summed E-state index contributed by atoms with van der Waals surface area (Å²) in [6, 6.07) is 8.91. The average Bonchev–Trinajstić information content (AvgIpc) is 3.12. The van der Waals surface area contributed by atoms with Crippen LogP contribution in [0.2, 0.25) is 10.0 Å². The van der Waals surface area contributed by atoms with Crippen LogP contribution in [0.15, 0.2) is 36.4 Å². The van der Waals surface area contributed by atoms with Crippen LogP contribution in [0, 0.1) is 5.82 Å². The molecule has 0 unspecified atom stereocenters. The number of nitrogens with zero attached hydrogens (tertiary/aromatic N) is 2. The molecule has 1 heterocycles. The van der Waals surface area contributed by atoms with Gasteiger partial charge < -0.3 is 9.47 Å². The van der Waals surface area contributed by atoms with E-state index in [1.165, 1.54) is 18.2 Å². The van der Waals surface area contributed by atoms with Crippen molar-refractivity contribution in [1.82, 2.24) is 15.4 Å². The second-order valence-corrected chi connectivity index (χ2v) is 6.25. The first kappa shape index (κ1) is 19.1. The van der Waals surface area contributed by atoms with Gasteiger partial charge in [-0.05, 0) is 37.3 Å². The number of ether oxygens (including phenoxy) is 2. The molecule has 2 aromatic carbocycles. The van der Waals surface area contributed by atoms with Crippen molar-refractivity contribution in [3.05, 3.63) is 63.5 Å². The zero-order chi connectivity index (χ0) is 19.4. The van der Waals surface area contributed by atoms with E-state index in [1.54, 1.807) is 25.1 Å². The molecule has 0 spiro atoms. The van der Waals surface area contributed by atoms with E-state index in [9.17, 15) is 9.18 Å². The minimum atomic E-state index is -0.617. The molecular formula is C18H14Cl2FN3O3. The Balaban J connectivity index is 1.92. The summed E-state index contributed by atoms with van der Waals surface area (Å²) in [6.07, 6.45) is 0. The lowest BCUT2D eigenvalue weighted by atomic mass is 10.1. The van der Waals surface area contributed by atoms with Gasteiger partial charge in [0, 0.05) is 16.1 Å². The van der Waals surface area contributed by atoms with E-state index in [-0.39, 0.29) is 29.6 Å². The molecular weight excluding hydrogens is 396 g/mol. The predicted molar refractivity (Wildman–Crippen MR) is 98.5 cm³/mol. The number of hydrogen-bond donors (Lipinski definition) is 1. The number of aromatic nitrogens is 3. The number of nitrogens with one attached hydrogen (secondary N) is 1. The molecule has 0 saturated carbocycles. The molecule has 0 bridgehead atoms. The molecule has 9 heteroatoms. The third-order valence-corrected chi connectivity index (χ3v) is 4.20. The smallest absolute Gasteiger partial charge is 0.361 e. The number of hydrogen-bond acceptors (Lipinski definition) is 5. The summed E-state index contributed by atoms with van der Waals surface area (Å²) in [4.78, 5) is 12.1. The predicted octanol–water partition coefficient (Wildman–Crippen LogP) is 4.67. The van der Waals surface area contributed by atoms with E-state index in [0.29, 0.717) is 21.9 Å². The van der Waals surface area contributed by atoms with Gasteiger partial charge in [0.25, 0.3) is 0 Å². The minimum Gasteiger partial charge on any atom is -0.488 e. The molecule has 1 N–H and O–H groups in total. The topological polar surface area (TPSA) is 77.1 Å². The summed E-state index contributed by atoms with van der Waals surface area (Å²) in [5, 5.41) is 11.0. The Morgan fingerprint density at radius 2 is 2.00 bits per heavy atom. The van der Waals surface area contributed by atoms with Crippen molar-refractivity contribution in [3.63, 3.8) is 0 Å². The third kappa shape index (κ3) is 4.37. The number of carbonyl (C=O) groups is 1. The number of carbonyl (C=O) groups excluding carboxylic acids is 1. The van der Waals surface area contributed by atoms with Crippen molar-refractivity contribution in [2.24, 2.45) is 0 Å². The Kier molecular flexibility index (Phi) is 5.93. The highest BCUT2D eigenvalue weighted by Crippen LogP contribution is 2.34. The zero-order valence-electron chi connectivity index (χ0n) is 14.1. The maximum atomic E-state index is 13.2. The number of esters is 1. The maximum Gasteiger partial charge on any atom is 0.361 e. The lowest BCUT2D eigenvalue weighted by molar-refractivity contribution is 0.0520. The van der Waals surface area contributed by atoms with E-state index in [2.05, 4.69) is 15.4 Å². The Bertz CT molecular complexity index is 978. The summed E-state index contributed by atoms with van der Waals surface area (Å²) >= 11 is 12.1. The summed E-state index contributed by atoms with van der Waals surface area (Å²) < 4.78 is 24.0. The Hall–Kier alpha value is -2.64. The molecule has 0 radical (unpaired) electrons. The summed E-state index contributed by atoms with van der Waals surface area (Å²) in [6.45, 7) is 1.98. The molecule has 1 aromatic heterocycles. The zero-order valence-corrected chi connectivity index (χ0v) is 15.6. The van der Waals surface area contributed by atoms with Gasteiger partial charge in [-0.2, -0.15) is 10.3 Å². The van der Waals surface area contributed by atoms with Crippen molar-refractivity contribution >= 4 is 29.2 Å². The van der Waals surface area contributed by atoms with Crippen LogP contribution in [0.1, 0.15) is 23.0 Å². The fraction of sp³-hybridized carbons (Fsp3) is 0.167. The highest BCUT2D eigenvalue weighted by Gasteiger charge is 2.22. The second kappa shape index (κ2) is 8.37. The van der Waals surface area contributed by atoms with Gasteiger partial charge in [0.15, 0.2) is 5.69 Å². The summed E-state index contributed by atoms with van der Waals surface area (Å²) in [7, 11) is 0. The molecule has 6 nitrogen and oxygen atoms in total. The number of benzene rings is 2. The van der Waals surface area contributed by atoms with Crippen molar-refractivity contribution in [2.75, 3.05) is 6.61 Å². The van der Waals surface area contributed by atoms with Crippen molar-refractivity contribution in [1.29, 1.82) is 0 Å². The normalized spacial score (nSPS) is 10.7. The Morgan fingerprint density at radius 3 is 2.74 bits per heavy atom. The fourth-order valence-electron chi connectivity index (χ4n) is 2.37. The van der Waals surface area contributed by atoms with Crippen molar-refractivity contribution < 1.29 is 18.7 Å². The molecule has 0 amide bonds. The van der Waals surface area contributed by atoms with E-state index < -0.39 is 11.8 Å². The van der Waals surface area contributed by atoms with Crippen LogP contribution in [0.25, 0.3) is 11.3 Å². The Morgan fingerprint density at radius 1 is 1.19 bits per heavy atom. The van der Waals surface area contributed by atoms with Gasteiger partial charge in [0.1, 0.15) is 23.9 Å². The monoisotopic (exact) mass is 409 g/mol. The van der Waals surface area contributed by atoms with Gasteiger partial charge in [-0.25, -0.2) is 9.18 Å². The van der Waals surface area contributed by atoms with Gasteiger partial charge in [-0.3, -0.25) is 0 Å². The van der Waals surface area contributed by atoms with E-state index in [1.807, 2.05) is 0 Å². The minimum absolute atomic E-state index is 0.0174. The van der Waals surface area contributed by atoms with Crippen LogP contribution >= 0.6 is 23.2 Å². The quantitative estimate of drug-likeness (QED) is 0.598. The van der Waals surface area contributed by atoms with Gasteiger partial charge in [0.2, 0.25) is 0 Å². The standard InChI is InChI=1S/C18H14Cl2FN3O3/c1-2-26-18(25)17-16(22-24-23-17)13-7-11(19)4-6-15(13)27-9-10-3-5-12(21)8-14(10)20/h3-8H,2,9H2,1H3,(H,22,23,24). The largest absolute Gasteiger partial charge is 0.488 e. The van der Waals surface area contributed by atoms with Crippen LogP contribution in [0.5, 0.6) is 5.75 Å². The molecule has 0 aliphatic rings. The van der Waals surface area contributed by atoms with Gasteiger partial charge in [0.05, 0.1) is 11.6 Å². The Labute approximate surface area is 164 Å². The van der Waals surface area contributed by atoms with Gasteiger partial charge >= 0.3 is 5.97 Å².